The first-order valence-electron chi connectivity index (χ1n) is 8.79. The van der Waals surface area contributed by atoms with Gasteiger partial charge in [0.25, 0.3) is 0 Å². The molecular weight excluding hydrogens is 310 g/mol. The molecule has 5 nitrogen and oxygen atoms in total. The number of aliphatic imine (C=N–C) groups is 1. The van der Waals surface area contributed by atoms with Crippen molar-refractivity contribution in [3.8, 4) is 0 Å². The molecule has 0 radical (unpaired) electrons. The zero-order valence-electron chi connectivity index (χ0n) is 16.2. The lowest BCUT2D eigenvalue weighted by atomic mass is 10.1. The fraction of sp³-hybridized carbons (Fsp3) is 0.450. The van der Waals surface area contributed by atoms with E-state index >= 15 is 0 Å². The number of benzene rings is 1. The summed E-state index contributed by atoms with van der Waals surface area (Å²) in [5.74, 6) is 0.934. The molecule has 1 aromatic heterocycles. The van der Waals surface area contributed by atoms with Gasteiger partial charge in [-0.1, -0.05) is 12.1 Å². The fourth-order valence-corrected chi connectivity index (χ4v) is 2.82. The largest absolute Gasteiger partial charge is 0.378 e. The highest BCUT2D eigenvalue weighted by atomic mass is 15.3. The van der Waals surface area contributed by atoms with Crippen molar-refractivity contribution in [1.29, 1.82) is 0 Å². The van der Waals surface area contributed by atoms with Gasteiger partial charge in [0.05, 0.1) is 6.54 Å². The zero-order chi connectivity index (χ0) is 18.2. The van der Waals surface area contributed by atoms with Gasteiger partial charge in [-0.2, -0.15) is 0 Å². The standard InChI is InChI=1S/C20H31N5/c1-21-20(25(5)16-19-9-7-15-24(19)4)22-14-6-8-17-10-12-18(13-11-17)23(2)3/h7,9-13,15H,6,8,14,16H2,1-5H3,(H,21,22). The number of nitrogens with zero attached hydrogens (tertiary/aromatic N) is 4. The van der Waals surface area contributed by atoms with Crippen LogP contribution in [0.5, 0.6) is 0 Å². The van der Waals surface area contributed by atoms with Crippen molar-refractivity contribution in [1.82, 2.24) is 14.8 Å². The molecule has 0 bridgehead atoms. The number of nitrogens with one attached hydrogen (secondary N) is 1. The summed E-state index contributed by atoms with van der Waals surface area (Å²) in [6.45, 7) is 1.76. The second-order valence-electron chi connectivity index (χ2n) is 6.60. The molecule has 0 amide bonds. The third kappa shape index (κ3) is 5.55. The summed E-state index contributed by atoms with van der Waals surface area (Å²) >= 11 is 0. The highest BCUT2D eigenvalue weighted by Gasteiger charge is 2.07. The van der Waals surface area contributed by atoms with Gasteiger partial charge in [-0.05, 0) is 42.7 Å². The summed E-state index contributed by atoms with van der Waals surface area (Å²) in [5.41, 5.74) is 3.88. The van der Waals surface area contributed by atoms with E-state index in [1.165, 1.54) is 16.9 Å². The molecule has 2 rings (SSSR count). The average molecular weight is 342 g/mol. The first-order valence-corrected chi connectivity index (χ1v) is 8.79. The molecule has 0 aliphatic rings. The van der Waals surface area contributed by atoms with Crippen molar-refractivity contribution in [2.75, 3.05) is 39.6 Å². The van der Waals surface area contributed by atoms with Gasteiger partial charge >= 0.3 is 0 Å². The van der Waals surface area contributed by atoms with Gasteiger partial charge in [-0.3, -0.25) is 4.99 Å². The van der Waals surface area contributed by atoms with Crippen LogP contribution < -0.4 is 10.2 Å². The number of guanidine groups is 1. The van der Waals surface area contributed by atoms with E-state index in [2.05, 4.69) is 95.5 Å². The van der Waals surface area contributed by atoms with Crippen molar-refractivity contribution >= 4 is 11.6 Å². The minimum atomic E-state index is 0.842. The topological polar surface area (TPSA) is 35.8 Å². The molecule has 25 heavy (non-hydrogen) atoms. The summed E-state index contributed by atoms with van der Waals surface area (Å²) < 4.78 is 2.14. The van der Waals surface area contributed by atoms with Crippen LogP contribution in [0.4, 0.5) is 5.69 Å². The lowest BCUT2D eigenvalue weighted by molar-refractivity contribution is 0.461. The fourth-order valence-electron chi connectivity index (χ4n) is 2.82. The number of hydrogen-bond acceptors (Lipinski definition) is 2. The Hall–Kier alpha value is -2.43. The number of aromatic nitrogens is 1. The van der Waals surface area contributed by atoms with Crippen LogP contribution in [-0.4, -0.2) is 50.2 Å². The molecule has 1 aromatic carbocycles. The molecule has 5 heteroatoms. The van der Waals surface area contributed by atoms with Gasteiger partial charge in [0.1, 0.15) is 0 Å². The average Bonchev–Trinajstić information content (AvgIpc) is 3.00. The van der Waals surface area contributed by atoms with Gasteiger partial charge in [0.2, 0.25) is 0 Å². The first-order chi connectivity index (χ1) is 12.0. The minimum Gasteiger partial charge on any atom is -0.378 e. The maximum absolute atomic E-state index is 4.39. The van der Waals surface area contributed by atoms with E-state index in [0.717, 1.165) is 31.9 Å². The van der Waals surface area contributed by atoms with Gasteiger partial charge in [0.15, 0.2) is 5.96 Å². The molecule has 2 aromatic rings. The Bertz CT molecular complexity index is 670. The van der Waals surface area contributed by atoms with Gasteiger partial charge in [-0.25, -0.2) is 0 Å². The van der Waals surface area contributed by atoms with Crippen molar-refractivity contribution in [3.05, 3.63) is 53.9 Å². The number of rotatable bonds is 7. The van der Waals surface area contributed by atoms with Crippen LogP contribution in [0.1, 0.15) is 17.7 Å². The minimum absolute atomic E-state index is 0.842. The highest BCUT2D eigenvalue weighted by molar-refractivity contribution is 5.79. The molecule has 0 aliphatic carbocycles. The number of anilines is 1. The predicted molar refractivity (Wildman–Crippen MR) is 107 cm³/mol. The predicted octanol–water partition coefficient (Wildman–Crippen LogP) is 2.73. The van der Waals surface area contributed by atoms with Crippen molar-refractivity contribution in [2.24, 2.45) is 12.0 Å². The van der Waals surface area contributed by atoms with E-state index in [9.17, 15) is 0 Å². The zero-order valence-corrected chi connectivity index (χ0v) is 16.2. The van der Waals surface area contributed by atoms with Gasteiger partial charge in [0, 0.05) is 59.4 Å². The molecule has 1 heterocycles. The van der Waals surface area contributed by atoms with Gasteiger partial charge < -0.3 is 19.7 Å². The van der Waals surface area contributed by atoms with Crippen molar-refractivity contribution < 1.29 is 0 Å². The molecule has 136 valence electrons. The van der Waals surface area contributed by atoms with Crippen LogP contribution in [-0.2, 0) is 20.0 Å². The lowest BCUT2D eigenvalue weighted by Gasteiger charge is -2.22. The maximum atomic E-state index is 4.39. The normalized spacial score (nSPS) is 11.5. The van der Waals surface area contributed by atoms with Crippen molar-refractivity contribution in [2.45, 2.75) is 19.4 Å². The smallest absolute Gasteiger partial charge is 0.193 e. The van der Waals surface area contributed by atoms with Crippen molar-refractivity contribution in [3.63, 3.8) is 0 Å². The summed E-state index contributed by atoms with van der Waals surface area (Å²) in [4.78, 5) is 8.67. The molecule has 1 N–H and O–H groups in total. The number of hydrogen-bond donors (Lipinski definition) is 1. The van der Waals surface area contributed by atoms with Crippen LogP contribution in [0.15, 0.2) is 47.6 Å². The Morgan fingerprint density at radius 2 is 1.84 bits per heavy atom. The highest BCUT2D eigenvalue weighted by Crippen LogP contribution is 2.13. The molecule has 0 fully saturated rings. The Morgan fingerprint density at radius 1 is 1.12 bits per heavy atom. The Kier molecular flexibility index (Phi) is 6.92. The first kappa shape index (κ1) is 18.9. The van der Waals surface area contributed by atoms with E-state index in [-0.39, 0.29) is 0 Å². The molecular formula is C20H31N5. The molecule has 0 saturated carbocycles. The molecule has 0 spiro atoms. The number of aryl methyl sites for hydroxylation is 2. The van der Waals surface area contributed by atoms with E-state index in [4.69, 9.17) is 0 Å². The van der Waals surface area contributed by atoms with E-state index < -0.39 is 0 Å². The second kappa shape index (κ2) is 9.16. The molecule has 0 atom stereocenters. The lowest BCUT2D eigenvalue weighted by Crippen LogP contribution is -2.39. The van der Waals surface area contributed by atoms with Crippen LogP contribution in [0.3, 0.4) is 0 Å². The monoisotopic (exact) mass is 341 g/mol. The van der Waals surface area contributed by atoms with Crippen LogP contribution in [0.25, 0.3) is 0 Å². The van der Waals surface area contributed by atoms with Gasteiger partial charge in [-0.15, -0.1) is 0 Å². The van der Waals surface area contributed by atoms with E-state index in [0.29, 0.717) is 0 Å². The van der Waals surface area contributed by atoms with E-state index in [1.807, 2.05) is 7.05 Å². The second-order valence-corrected chi connectivity index (χ2v) is 6.60. The van der Waals surface area contributed by atoms with Crippen LogP contribution in [0, 0.1) is 0 Å². The third-order valence-electron chi connectivity index (χ3n) is 4.40. The van der Waals surface area contributed by atoms with E-state index in [1.54, 1.807) is 0 Å². The molecule has 0 saturated heterocycles. The quantitative estimate of drug-likeness (QED) is 0.478. The molecule has 0 unspecified atom stereocenters. The molecule has 0 aliphatic heterocycles. The Morgan fingerprint density at radius 3 is 2.40 bits per heavy atom. The summed E-state index contributed by atoms with van der Waals surface area (Å²) in [5, 5.41) is 3.46. The Labute approximate surface area is 152 Å². The van der Waals surface area contributed by atoms with Crippen LogP contribution >= 0.6 is 0 Å². The summed E-state index contributed by atoms with van der Waals surface area (Å²) in [6, 6.07) is 13.0. The summed E-state index contributed by atoms with van der Waals surface area (Å²) in [6.07, 6.45) is 4.22. The summed E-state index contributed by atoms with van der Waals surface area (Å²) in [7, 11) is 10.1. The van der Waals surface area contributed by atoms with Crippen LogP contribution in [0.2, 0.25) is 0 Å². The third-order valence-corrected chi connectivity index (χ3v) is 4.40. The Balaban J connectivity index is 1.76. The maximum Gasteiger partial charge on any atom is 0.193 e. The SMILES string of the molecule is CN=C(NCCCc1ccc(N(C)C)cc1)N(C)Cc1cccn1C.